The van der Waals surface area contributed by atoms with Gasteiger partial charge in [-0.15, -0.1) is 11.3 Å². The summed E-state index contributed by atoms with van der Waals surface area (Å²) in [6.07, 6.45) is 4.79. The number of nitrogens with zero attached hydrogens (tertiary/aromatic N) is 1. The number of fused-ring (bicyclic) bond motifs is 1. The van der Waals surface area contributed by atoms with Gasteiger partial charge in [-0.05, 0) is 68.9 Å². The molecule has 0 spiro atoms. The molecule has 3 rings (SSSR count). The lowest BCUT2D eigenvalue weighted by Gasteiger charge is -2.12. The highest BCUT2D eigenvalue weighted by molar-refractivity contribution is 7.80. The molecule has 1 aliphatic rings. The lowest BCUT2D eigenvalue weighted by Crippen LogP contribution is -2.19. The van der Waals surface area contributed by atoms with Crippen molar-refractivity contribution in [1.29, 1.82) is 0 Å². The van der Waals surface area contributed by atoms with Crippen LogP contribution in [0, 0.1) is 13.8 Å². The lowest BCUT2D eigenvalue weighted by molar-refractivity contribution is 0.683. The number of nitrogens with one attached hydrogen (secondary N) is 2. The Kier molecular flexibility index (Phi) is 4.22. The molecule has 0 fully saturated rings. The largest absolute Gasteiger partial charge is 0.332 e. The van der Waals surface area contributed by atoms with Crippen molar-refractivity contribution < 1.29 is 0 Å². The maximum absolute atomic E-state index is 5.41. The number of rotatable bonds is 2. The summed E-state index contributed by atoms with van der Waals surface area (Å²) >= 11 is 7.14. The molecular formula is C16H19N3S2. The summed E-state index contributed by atoms with van der Waals surface area (Å²) in [6, 6.07) is 6.18. The van der Waals surface area contributed by atoms with Crippen LogP contribution in [-0.2, 0) is 12.8 Å². The molecule has 0 bridgehead atoms. The summed E-state index contributed by atoms with van der Waals surface area (Å²) in [5.41, 5.74) is 4.78. The van der Waals surface area contributed by atoms with Crippen molar-refractivity contribution in [3.05, 3.63) is 39.9 Å². The monoisotopic (exact) mass is 317 g/mol. The Hall–Kier alpha value is -1.46. The maximum Gasteiger partial charge on any atom is 0.189 e. The van der Waals surface area contributed by atoms with E-state index in [0.29, 0.717) is 5.11 Å². The van der Waals surface area contributed by atoms with Crippen LogP contribution in [0.2, 0.25) is 0 Å². The molecule has 2 N–H and O–H groups in total. The normalized spacial score (nSPS) is 13.6. The van der Waals surface area contributed by atoms with Gasteiger partial charge in [0.2, 0.25) is 0 Å². The van der Waals surface area contributed by atoms with E-state index in [9.17, 15) is 0 Å². The number of benzene rings is 1. The Labute approximate surface area is 134 Å². The number of thiocarbonyl (C=S) groups is 1. The third-order valence-electron chi connectivity index (χ3n) is 3.92. The number of aryl methyl sites for hydroxylation is 3. The van der Waals surface area contributed by atoms with Gasteiger partial charge in [-0.25, -0.2) is 4.98 Å². The van der Waals surface area contributed by atoms with E-state index in [2.05, 4.69) is 35.5 Å². The predicted molar refractivity (Wildman–Crippen MR) is 94.5 cm³/mol. The van der Waals surface area contributed by atoms with Gasteiger partial charge in [0, 0.05) is 10.6 Å². The van der Waals surface area contributed by atoms with Gasteiger partial charge in [0.1, 0.15) is 0 Å². The quantitative estimate of drug-likeness (QED) is 0.803. The Bertz CT molecular complexity index is 653. The first-order chi connectivity index (χ1) is 10.1. The first-order valence-corrected chi connectivity index (χ1v) is 8.49. The summed E-state index contributed by atoms with van der Waals surface area (Å²) in [5, 5.41) is 8.00. The molecule has 1 aromatic carbocycles. The van der Waals surface area contributed by atoms with Gasteiger partial charge in [-0.2, -0.15) is 0 Å². The highest BCUT2D eigenvalue weighted by Crippen LogP contribution is 2.29. The van der Waals surface area contributed by atoms with Crippen molar-refractivity contribution in [2.24, 2.45) is 0 Å². The van der Waals surface area contributed by atoms with E-state index in [4.69, 9.17) is 12.2 Å². The molecule has 3 nitrogen and oxygen atoms in total. The third kappa shape index (κ3) is 3.24. The van der Waals surface area contributed by atoms with E-state index in [0.717, 1.165) is 23.7 Å². The Balaban J connectivity index is 1.69. The second kappa shape index (κ2) is 6.12. The zero-order valence-electron chi connectivity index (χ0n) is 12.3. The molecule has 0 saturated heterocycles. The number of anilines is 2. The molecule has 0 unspecified atom stereocenters. The van der Waals surface area contributed by atoms with E-state index < -0.39 is 0 Å². The summed E-state index contributed by atoms with van der Waals surface area (Å²) in [5.74, 6) is 0. The smallest absolute Gasteiger partial charge is 0.189 e. The van der Waals surface area contributed by atoms with Gasteiger partial charge in [-0.1, -0.05) is 12.1 Å². The Morgan fingerprint density at radius 2 is 2.00 bits per heavy atom. The highest BCUT2D eigenvalue weighted by atomic mass is 32.1. The molecule has 0 atom stereocenters. The number of aromatic nitrogens is 1. The fourth-order valence-corrected chi connectivity index (χ4v) is 3.87. The van der Waals surface area contributed by atoms with Crippen LogP contribution < -0.4 is 10.6 Å². The average Bonchev–Trinajstić information content (AvgIpc) is 2.86. The molecule has 5 heteroatoms. The lowest BCUT2D eigenvalue weighted by atomic mass is 10.0. The number of hydrogen-bond donors (Lipinski definition) is 2. The fraction of sp³-hybridized carbons (Fsp3) is 0.375. The van der Waals surface area contributed by atoms with Gasteiger partial charge in [0.15, 0.2) is 10.2 Å². The highest BCUT2D eigenvalue weighted by Gasteiger charge is 2.15. The zero-order valence-corrected chi connectivity index (χ0v) is 14.0. The van der Waals surface area contributed by atoms with E-state index in [1.807, 2.05) is 12.1 Å². The van der Waals surface area contributed by atoms with Crippen molar-refractivity contribution in [2.75, 3.05) is 10.6 Å². The van der Waals surface area contributed by atoms with Crippen LogP contribution in [0.25, 0.3) is 0 Å². The molecule has 0 radical (unpaired) electrons. The molecule has 21 heavy (non-hydrogen) atoms. The van der Waals surface area contributed by atoms with Crippen LogP contribution in [-0.4, -0.2) is 10.1 Å². The van der Waals surface area contributed by atoms with E-state index in [1.165, 1.54) is 34.5 Å². The zero-order chi connectivity index (χ0) is 14.8. The molecule has 0 aliphatic heterocycles. The van der Waals surface area contributed by atoms with Crippen LogP contribution in [0.1, 0.15) is 34.5 Å². The standard InChI is InChI=1S/C16H19N3S2/c1-10-6-5-8-12(11(10)2)17-15(20)19-16-18-13-7-3-4-9-14(13)21-16/h5-6,8H,3-4,7,9H2,1-2H3,(H2,17,18,19,20). The molecule has 1 aliphatic carbocycles. The minimum absolute atomic E-state index is 0.606. The van der Waals surface area contributed by atoms with Crippen molar-refractivity contribution in [3.63, 3.8) is 0 Å². The van der Waals surface area contributed by atoms with Crippen molar-refractivity contribution in [3.8, 4) is 0 Å². The molecule has 2 aromatic rings. The molecule has 0 saturated carbocycles. The first kappa shape index (κ1) is 14.5. The summed E-state index contributed by atoms with van der Waals surface area (Å²) in [4.78, 5) is 6.07. The molecule has 1 heterocycles. The van der Waals surface area contributed by atoms with E-state index in [-0.39, 0.29) is 0 Å². The van der Waals surface area contributed by atoms with Crippen LogP contribution in [0.5, 0.6) is 0 Å². The van der Waals surface area contributed by atoms with Crippen LogP contribution in [0.4, 0.5) is 10.8 Å². The van der Waals surface area contributed by atoms with Gasteiger partial charge in [0.05, 0.1) is 5.69 Å². The second-order valence-corrected chi connectivity index (χ2v) is 6.91. The molecule has 110 valence electrons. The summed E-state index contributed by atoms with van der Waals surface area (Å²) in [7, 11) is 0. The molecular weight excluding hydrogens is 298 g/mol. The number of thiazole rings is 1. The van der Waals surface area contributed by atoms with Crippen LogP contribution >= 0.6 is 23.6 Å². The molecule has 0 amide bonds. The van der Waals surface area contributed by atoms with Crippen molar-refractivity contribution >= 4 is 39.5 Å². The second-order valence-electron chi connectivity index (χ2n) is 5.42. The topological polar surface area (TPSA) is 37.0 Å². The molecule has 1 aromatic heterocycles. The summed E-state index contributed by atoms with van der Waals surface area (Å²) < 4.78 is 0. The average molecular weight is 317 g/mol. The first-order valence-electron chi connectivity index (χ1n) is 7.26. The number of hydrogen-bond acceptors (Lipinski definition) is 3. The summed E-state index contributed by atoms with van der Waals surface area (Å²) in [6.45, 7) is 4.20. The SMILES string of the molecule is Cc1cccc(NC(=S)Nc2nc3c(s2)CCCC3)c1C. The van der Waals surface area contributed by atoms with Gasteiger partial charge >= 0.3 is 0 Å². The Morgan fingerprint density at radius 1 is 1.19 bits per heavy atom. The minimum Gasteiger partial charge on any atom is -0.332 e. The fourth-order valence-electron chi connectivity index (χ4n) is 2.54. The predicted octanol–water partition coefficient (Wildman–Crippen LogP) is 4.45. The Morgan fingerprint density at radius 3 is 2.81 bits per heavy atom. The van der Waals surface area contributed by atoms with Crippen LogP contribution in [0.15, 0.2) is 18.2 Å². The van der Waals surface area contributed by atoms with Crippen LogP contribution in [0.3, 0.4) is 0 Å². The van der Waals surface area contributed by atoms with E-state index in [1.54, 1.807) is 11.3 Å². The van der Waals surface area contributed by atoms with Crippen molar-refractivity contribution in [2.45, 2.75) is 39.5 Å². The third-order valence-corrected chi connectivity index (χ3v) is 5.20. The van der Waals surface area contributed by atoms with E-state index >= 15 is 0 Å². The maximum atomic E-state index is 5.41. The van der Waals surface area contributed by atoms with Crippen molar-refractivity contribution in [1.82, 2.24) is 4.98 Å². The minimum atomic E-state index is 0.606. The van der Waals surface area contributed by atoms with Gasteiger partial charge in [-0.3, -0.25) is 0 Å². The van der Waals surface area contributed by atoms with Gasteiger partial charge in [0.25, 0.3) is 0 Å². The van der Waals surface area contributed by atoms with Gasteiger partial charge < -0.3 is 10.6 Å².